The molecule has 4 N–H and O–H groups in total. The SMILES string of the molecule is CC(C)(C)OC(=O)c1[nH]c2ccccc2c1C[C@H](N)C(=O)O. The lowest BCUT2D eigenvalue weighted by Crippen LogP contribution is -2.33. The molecule has 0 fully saturated rings. The van der Waals surface area contributed by atoms with Crippen molar-refractivity contribution in [2.75, 3.05) is 0 Å². The van der Waals surface area contributed by atoms with Crippen LogP contribution in [0, 0.1) is 0 Å². The molecule has 1 aromatic heterocycles. The quantitative estimate of drug-likeness (QED) is 0.750. The average molecular weight is 304 g/mol. The maximum Gasteiger partial charge on any atom is 0.355 e. The monoisotopic (exact) mass is 304 g/mol. The summed E-state index contributed by atoms with van der Waals surface area (Å²) in [6.07, 6.45) is 0.0495. The van der Waals surface area contributed by atoms with Crippen molar-refractivity contribution in [2.24, 2.45) is 5.73 Å². The molecule has 0 bridgehead atoms. The first-order chi connectivity index (χ1) is 10.2. The van der Waals surface area contributed by atoms with Crippen LogP contribution in [0.25, 0.3) is 10.9 Å². The summed E-state index contributed by atoms with van der Waals surface area (Å²) in [6.45, 7) is 5.32. The van der Waals surface area contributed by atoms with E-state index in [0.717, 1.165) is 10.9 Å². The van der Waals surface area contributed by atoms with Gasteiger partial charge in [0.2, 0.25) is 0 Å². The van der Waals surface area contributed by atoms with Gasteiger partial charge in [0.1, 0.15) is 17.3 Å². The lowest BCUT2D eigenvalue weighted by atomic mass is 10.0. The summed E-state index contributed by atoms with van der Waals surface area (Å²) in [5.41, 5.74) is 6.56. The van der Waals surface area contributed by atoms with Crippen LogP contribution in [0.2, 0.25) is 0 Å². The smallest absolute Gasteiger partial charge is 0.355 e. The van der Waals surface area contributed by atoms with Crippen LogP contribution in [0.4, 0.5) is 0 Å². The number of aliphatic carboxylic acids is 1. The maximum atomic E-state index is 12.4. The molecule has 0 amide bonds. The van der Waals surface area contributed by atoms with Crippen LogP contribution in [0.3, 0.4) is 0 Å². The van der Waals surface area contributed by atoms with E-state index in [1.165, 1.54) is 0 Å². The van der Waals surface area contributed by atoms with Crippen LogP contribution >= 0.6 is 0 Å². The first-order valence-electron chi connectivity index (χ1n) is 7.00. The molecule has 0 saturated carbocycles. The van der Waals surface area contributed by atoms with Crippen molar-refractivity contribution in [3.05, 3.63) is 35.5 Å². The van der Waals surface area contributed by atoms with Gasteiger partial charge >= 0.3 is 11.9 Å². The van der Waals surface area contributed by atoms with Gasteiger partial charge in [-0.2, -0.15) is 0 Å². The predicted molar refractivity (Wildman–Crippen MR) is 82.8 cm³/mol. The summed E-state index contributed by atoms with van der Waals surface area (Å²) in [7, 11) is 0. The molecule has 1 heterocycles. The standard InChI is InChI=1S/C16H20N2O4/c1-16(2,3)22-15(21)13-10(8-11(17)14(19)20)9-6-4-5-7-12(9)18-13/h4-7,11,18H,8,17H2,1-3H3,(H,19,20)/t11-/m0/s1. The number of carboxylic acid groups (broad SMARTS) is 1. The molecule has 0 radical (unpaired) electrons. The molecule has 0 aliphatic rings. The minimum absolute atomic E-state index is 0.0495. The Hall–Kier alpha value is -2.34. The number of nitrogens with two attached hydrogens (primary N) is 1. The van der Waals surface area contributed by atoms with Gasteiger partial charge in [-0.15, -0.1) is 0 Å². The van der Waals surface area contributed by atoms with E-state index in [-0.39, 0.29) is 12.1 Å². The molecule has 2 aromatic rings. The van der Waals surface area contributed by atoms with Crippen molar-refractivity contribution >= 4 is 22.8 Å². The highest BCUT2D eigenvalue weighted by Gasteiger charge is 2.26. The van der Waals surface area contributed by atoms with Crippen LogP contribution in [0.15, 0.2) is 24.3 Å². The third kappa shape index (κ3) is 3.46. The van der Waals surface area contributed by atoms with Crippen molar-refractivity contribution in [3.8, 4) is 0 Å². The van der Waals surface area contributed by atoms with Gasteiger partial charge in [-0.1, -0.05) is 18.2 Å². The van der Waals surface area contributed by atoms with Gasteiger partial charge < -0.3 is 20.6 Å². The number of aromatic nitrogens is 1. The van der Waals surface area contributed by atoms with Gasteiger partial charge in [0, 0.05) is 17.3 Å². The topological polar surface area (TPSA) is 105 Å². The fourth-order valence-corrected chi connectivity index (χ4v) is 2.22. The summed E-state index contributed by atoms with van der Waals surface area (Å²) in [5.74, 6) is -1.63. The minimum atomic E-state index is -1.11. The second-order valence-electron chi connectivity index (χ2n) is 6.17. The maximum absolute atomic E-state index is 12.4. The fraction of sp³-hybridized carbons (Fsp3) is 0.375. The molecule has 2 rings (SSSR count). The van der Waals surface area contributed by atoms with E-state index in [0.29, 0.717) is 5.56 Å². The Bertz CT molecular complexity index is 712. The molecule has 6 nitrogen and oxygen atoms in total. The van der Waals surface area contributed by atoms with Crippen LogP contribution in [-0.4, -0.2) is 33.7 Å². The summed E-state index contributed by atoms with van der Waals surface area (Å²) in [5, 5.41) is 9.80. The number of para-hydroxylation sites is 1. The Labute approximate surface area is 128 Å². The number of carbonyl (C=O) groups is 2. The number of aromatic amines is 1. The van der Waals surface area contributed by atoms with E-state index in [9.17, 15) is 9.59 Å². The lowest BCUT2D eigenvalue weighted by Gasteiger charge is -2.19. The first-order valence-corrected chi connectivity index (χ1v) is 7.00. The number of hydrogen-bond donors (Lipinski definition) is 3. The number of hydrogen-bond acceptors (Lipinski definition) is 4. The molecular weight excluding hydrogens is 284 g/mol. The summed E-state index contributed by atoms with van der Waals surface area (Å²) in [6, 6.07) is 6.21. The molecule has 0 saturated heterocycles. The zero-order valence-electron chi connectivity index (χ0n) is 12.8. The van der Waals surface area contributed by atoms with Crippen LogP contribution in [0.1, 0.15) is 36.8 Å². The van der Waals surface area contributed by atoms with Gasteiger partial charge in [-0.3, -0.25) is 4.79 Å². The van der Waals surface area contributed by atoms with E-state index >= 15 is 0 Å². The molecule has 6 heteroatoms. The molecule has 0 aliphatic heterocycles. The number of benzene rings is 1. The number of carbonyl (C=O) groups excluding carboxylic acids is 1. The highest BCUT2D eigenvalue weighted by molar-refractivity contribution is 5.98. The van der Waals surface area contributed by atoms with Gasteiger partial charge in [0.25, 0.3) is 0 Å². The Balaban J connectivity index is 2.48. The zero-order valence-corrected chi connectivity index (χ0v) is 12.8. The Morgan fingerprint density at radius 2 is 1.95 bits per heavy atom. The van der Waals surface area contributed by atoms with Crippen molar-refractivity contribution in [2.45, 2.75) is 38.8 Å². The molecule has 1 atom stereocenters. The number of rotatable bonds is 4. The lowest BCUT2D eigenvalue weighted by molar-refractivity contribution is -0.138. The summed E-state index contributed by atoms with van der Waals surface area (Å²) >= 11 is 0. The summed E-state index contributed by atoms with van der Waals surface area (Å²) in [4.78, 5) is 26.4. The summed E-state index contributed by atoms with van der Waals surface area (Å²) < 4.78 is 5.38. The van der Waals surface area contributed by atoms with Crippen molar-refractivity contribution in [3.63, 3.8) is 0 Å². The van der Waals surface area contributed by atoms with Gasteiger partial charge in [0.05, 0.1) is 0 Å². The predicted octanol–water partition coefficient (Wildman–Crippen LogP) is 2.08. The molecule has 0 spiro atoms. The number of fused-ring (bicyclic) bond motifs is 1. The first kappa shape index (κ1) is 16.0. The molecule has 0 unspecified atom stereocenters. The van der Waals surface area contributed by atoms with Crippen molar-refractivity contribution < 1.29 is 19.4 Å². The second-order valence-corrected chi connectivity index (χ2v) is 6.17. The zero-order chi connectivity index (χ0) is 16.5. The third-order valence-electron chi connectivity index (χ3n) is 3.16. The van der Waals surface area contributed by atoms with E-state index < -0.39 is 23.6 Å². The number of carboxylic acids is 1. The van der Waals surface area contributed by atoms with Crippen LogP contribution in [-0.2, 0) is 16.0 Å². The molecular formula is C16H20N2O4. The van der Waals surface area contributed by atoms with E-state index in [1.807, 2.05) is 24.3 Å². The average Bonchev–Trinajstić information content (AvgIpc) is 2.76. The van der Waals surface area contributed by atoms with Gasteiger partial charge in [0.15, 0.2) is 0 Å². The Kier molecular flexibility index (Phi) is 4.23. The highest BCUT2D eigenvalue weighted by Crippen LogP contribution is 2.25. The van der Waals surface area contributed by atoms with Crippen molar-refractivity contribution in [1.82, 2.24) is 4.98 Å². The van der Waals surface area contributed by atoms with E-state index in [1.54, 1.807) is 20.8 Å². The van der Waals surface area contributed by atoms with Gasteiger partial charge in [-0.25, -0.2) is 4.79 Å². The van der Waals surface area contributed by atoms with Crippen LogP contribution in [0.5, 0.6) is 0 Å². The largest absolute Gasteiger partial charge is 0.480 e. The fourth-order valence-electron chi connectivity index (χ4n) is 2.22. The number of esters is 1. The van der Waals surface area contributed by atoms with E-state index in [2.05, 4.69) is 4.98 Å². The Morgan fingerprint density at radius 3 is 2.55 bits per heavy atom. The van der Waals surface area contributed by atoms with Gasteiger partial charge in [-0.05, 0) is 32.4 Å². The Morgan fingerprint density at radius 1 is 1.32 bits per heavy atom. The molecule has 0 aliphatic carbocycles. The second kappa shape index (κ2) is 5.81. The van der Waals surface area contributed by atoms with E-state index in [4.69, 9.17) is 15.6 Å². The number of ether oxygens (including phenoxy) is 1. The highest BCUT2D eigenvalue weighted by atomic mass is 16.6. The number of nitrogens with one attached hydrogen (secondary N) is 1. The third-order valence-corrected chi connectivity index (χ3v) is 3.16. The molecule has 1 aromatic carbocycles. The molecule has 22 heavy (non-hydrogen) atoms. The number of H-pyrrole nitrogens is 1. The van der Waals surface area contributed by atoms with Crippen molar-refractivity contribution in [1.29, 1.82) is 0 Å². The van der Waals surface area contributed by atoms with Crippen LogP contribution < -0.4 is 5.73 Å². The normalized spacial score (nSPS) is 13.1. The molecule has 118 valence electrons. The minimum Gasteiger partial charge on any atom is -0.480 e.